The van der Waals surface area contributed by atoms with E-state index in [1.165, 1.54) is 12.1 Å². The maximum atomic E-state index is 11.3. The fraction of sp³-hybridized carbons (Fsp3) is 0.333. The number of nitrogens with zero attached hydrogens (tertiary/aromatic N) is 2. The van der Waals surface area contributed by atoms with Crippen molar-refractivity contribution in [3.05, 3.63) is 34.1 Å². The quantitative estimate of drug-likeness (QED) is 0.649. The molecule has 0 aliphatic heterocycles. The normalized spacial score (nSPS) is 19.6. The molecule has 3 rings (SSSR count). The number of carbonyl (C=O) groups excluding carboxylic acids is 1. The Kier molecular flexibility index (Phi) is 2.36. The number of aromatic nitrogens is 2. The molecule has 6 heteroatoms. The molecule has 18 heavy (non-hydrogen) atoms. The van der Waals surface area contributed by atoms with Crippen molar-refractivity contribution in [3.63, 3.8) is 0 Å². The highest BCUT2D eigenvalue weighted by molar-refractivity contribution is 5.82. The van der Waals surface area contributed by atoms with Crippen LogP contribution in [0.3, 0.4) is 0 Å². The van der Waals surface area contributed by atoms with Crippen LogP contribution in [-0.4, -0.2) is 20.7 Å². The smallest absolute Gasteiger partial charge is 0.271 e. The summed E-state index contributed by atoms with van der Waals surface area (Å²) in [5.74, 6) is 1.15. The summed E-state index contributed by atoms with van der Waals surface area (Å²) in [6.45, 7) is 0. The molecule has 1 aliphatic carbocycles. The zero-order chi connectivity index (χ0) is 12.7. The van der Waals surface area contributed by atoms with Crippen LogP contribution in [0.1, 0.15) is 31.0 Å². The number of fused-ring (bicyclic) bond motifs is 1. The molecule has 1 saturated carbocycles. The third kappa shape index (κ3) is 1.75. The van der Waals surface area contributed by atoms with E-state index in [9.17, 15) is 14.9 Å². The van der Waals surface area contributed by atoms with Gasteiger partial charge in [0, 0.05) is 30.9 Å². The summed E-state index contributed by atoms with van der Waals surface area (Å²) in [4.78, 5) is 29.0. The number of hydrogen-bond acceptors (Lipinski definition) is 4. The van der Waals surface area contributed by atoms with E-state index >= 15 is 0 Å². The molecule has 6 nitrogen and oxygen atoms in total. The molecule has 1 unspecified atom stereocenters. The van der Waals surface area contributed by atoms with Gasteiger partial charge in [0.05, 0.1) is 16.0 Å². The highest BCUT2D eigenvalue weighted by Gasteiger charge is 2.26. The number of aromatic amines is 1. The molecule has 1 aromatic carbocycles. The number of ketones is 1. The Morgan fingerprint density at radius 3 is 2.94 bits per heavy atom. The van der Waals surface area contributed by atoms with E-state index in [1.807, 2.05) is 0 Å². The average molecular weight is 245 g/mol. The lowest BCUT2D eigenvalue weighted by atomic mass is 10.1. The SMILES string of the molecule is O=C1CCC(c2nc3ccc([N+](=O)[O-])cc3[nH]2)C1. The molecule has 1 fully saturated rings. The minimum Gasteiger partial charge on any atom is -0.342 e. The molecule has 0 bridgehead atoms. The minimum absolute atomic E-state index is 0.0419. The molecule has 0 saturated heterocycles. The van der Waals surface area contributed by atoms with E-state index in [2.05, 4.69) is 9.97 Å². The van der Waals surface area contributed by atoms with Crippen molar-refractivity contribution in [2.75, 3.05) is 0 Å². The summed E-state index contributed by atoms with van der Waals surface area (Å²) in [5.41, 5.74) is 1.40. The molecule has 0 amide bonds. The van der Waals surface area contributed by atoms with Crippen molar-refractivity contribution in [2.24, 2.45) is 0 Å². The molecule has 1 heterocycles. The number of H-pyrrole nitrogens is 1. The van der Waals surface area contributed by atoms with Crippen LogP contribution in [0.4, 0.5) is 5.69 Å². The number of Topliss-reactive ketones (excluding diaryl/α,β-unsaturated/α-hetero) is 1. The summed E-state index contributed by atoms with van der Waals surface area (Å²) < 4.78 is 0. The number of rotatable bonds is 2. The van der Waals surface area contributed by atoms with Gasteiger partial charge in [0.2, 0.25) is 0 Å². The predicted octanol–water partition coefficient (Wildman–Crippen LogP) is 2.31. The summed E-state index contributed by atoms with van der Waals surface area (Å²) >= 11 is 0. The maximum Gasteiger partial charge on any atom is 0.271 e. The van der Waals surface area contributed by atoms with E-state index in [1.54, 1.807) is 6.07 Å². The highest BCUT2D eigenvalue weighted by atomic mass is 16.6. The second-order valence-electron chi connectivity index (χ2n) is 4.56. The Hall–Kier alpha value is -2.24. The Morgan fingerprint density at radius 2 is 2.28 bits per heavy atom. The van der Waals surface area contributed by atoms with Gasteiger partial charge in [-0.3, -0.25) is 14.9 Å². The summed E-state index contributed by atoms with van der Waals surface area (Å²) in [6, 6.07) is 4.54. The van der Waals surface area contributed by atoms with E-state index in [-0.39, 0.29) is 17.4 Å². The molecular formula is C12H11N3O3. The number of nitro groups is 1. The zero-order valence-electron chi connectivity index (χ0n) is 9.55. The van der Waals surface area contributed by atoms with E-state index in [0.717, 1.165) is 12.2 Å². The highest BCUT2D eigenvalue weighted by Crippen LogP contribution is 2.31. The van der Waals surface area contributed by atoms with E-state index in [0.29, 0.717) is 23.9 Å². The zero-order valence-corrected chi connectivity index (χ0v) is 9.55. The molecular weight excluding hydrogens is 234 g/mol. The summed E-state index contributed by atoms with van der Waals surface area (Å²) in [6.07, 6.45) is 1.92. The average Bonchev–Trinajstić information content (AvgIpc) is 2.93. The van der Waals surface area contributed by atoms with Gasteiger partial charge in [-0.15, -0.1) is 0 Å². The van der Waals surface area contributed by atoms with Crippen LogP contribution < -0.4 is 0 Å². The van der Waals surface area contributed by atoms with Gasteiger partial charge in [-0.1, -0.05) is 0 Å². The predicted molar refractivity (Wildman–Crippen MR) is 64.3 cm³/mol. The second kappa shape index (κ2) is 3.90. The first-order chi connectivity index (χ1) is 8.63. The molecule has 92 valence electrons. The molecule has 1 N–H and O–H groups in total. The van der Waals surface area contributed by atoms with Crippen LogP contribution in [0, 0.1) is 10.1 Å². The van der Waals surface area contributed by atoms with Crippen LogP contribution in [0.5, 0.6) is 0 Å². The van der Waals surface area contributed by atoms with Crippen LogP contribution in [-0.2, 0) is 4.79 Å². The summed E-state index contributed by atoms with van der Waals surface area (Å²) in [7, 11) is 0. The van der Waals surface area contributed by atoms with Gasteiger partial charge in [-0.2, -0.15) is 0 Å². The van der Waals surface area contributed by atoms with Crippen molar-refractivity contribution in [2.45, 2.75) is 25.2 Å². The van der Waals surface area contributed by atoms with Crippen molar-refractivity contribution in [1.29, 1.82) is 0 Å². The van der Waals surface area contributed by atoms with Gasteiger partial charge >= 0.3 is 0 Å². The van der Waals surface area contributed by atoms with Crippen molar-refractivity contribution in [1.82, 2.24) is 9.97 Å². The van der Waals surface area contributed by atoms with Gasteiger partial charge in [0.15, 0.2) is 0 Å². The fourth-order valence-corrected chi connectivity index (χ4v) is 2.37. The number of hydrogen-bond donors (Lipinski definition) is 1. The number of carbonyl (C=O) groups is 1. The number of benzene rings is 1. The lowest BCUT2D eigenvalue weighted by molar-refractivity contribution is -0.384. The largest absolute Gasteiger partial charge is 0.342 e. The number of nitrogens with one attached hydrogen (secondary N) is 1. The standard InChI is InChI=1S/C12H11N3O3/c16-9-3-1-7(5-9)12-13-10-4-2-8(15(17)18)6-11(10)14-12/h2,4,6-7H,1,3,5H2,(H,13,14). The molecule has 0 radical (unpaired) electrons. The first-order valence-corrected chi connectivity index (χ1v) is 5.79. The van der Waals surface area contributed by atoms with Gasteiger partial charge < -0.3 is 4.98 Å². The Morgan fingerprint density at radius 1 is 1.44 bits per heavy atom. The fourth-order valence-electron chi connectivity index (χ4n) is 2.37. The Bertz CT molecular complexity index is 647. The van der Waals surface area contributed by atoms with Crippen molar-refractivity contribution < 1.29 is 9.72 Å². The van der Waals surface area contributed by atoms with Gasteiger partial charge in [-0.25, -0.2) is 4.98 Å². The lowest BCUT2D eigenvalue weighted by Gasteiger charge is -2.01. The van der Waals surface area contributed by atoms with Crippen LogP contribution in [0.2, 0.25) is 0 Å². The minimum atomic E-state index is -0.432. The molecule has 1 atom stereocenters. The molecule has 2 aromatic rings. The van der Waals surface area contributed by atoms with Crippen LogP contribution in [0.15, 0.2) is 18.2 Å². The van der Waals surface area contributed by atoms with Crippen molar-refractivity contribution >= 4 is 22.5 Å². The third-order valence-electron chi connectivity index (χ3n) is 3.33. The first-order valence-electron chi connectivity index (χ1n) is 5.79. The topological polar surface area (TPSA) is 88.9 Å². The number of nitro benzene ring substituents is 1. The lowest BCUT2D eigenvalue weighted by Crippen LogP contribution is -1.96. The summed E-state index contributed by atoms with van der Waals surface area (Å²) in [5, 5.41) is 10.7. The van der Waals surface area contributed by atoms with E-state index in [4.69, 9.17) is 0 Å². The van der Waals surface area contributed by atoms with Crippen molar-refractivity contribution in [3.8, 4) is 0 Å². The van der Waals surface area contributed by atoms with E-state index < -0.39 is 4.92 Å². The molecule has 0 spiro atoms. The van der Waals surface area contributed by atoms with Gasteiger partial charge in [0.25, 0.3) is 5.69 Å². The number of imidazole rings is 1. The monoisotopic (exact) mass is 245 g/mol. The maximum absolute atomic E-state index is 11.3. The van der Waals surface area contributed by atoms with Crippen LogP contribution in [0.25, 0.3) is 11.0 Å². The Balaban J connectivity index is 2.00. The second-order valence-corrected chi connectivity index (χ2v) is 4.56. The number of non-ortho nitro benzene ring substituents is 1. The molecule has 1 aromatic heterocycles. The first kappa shape index (κ1) is 10.9. The third-order valence-corrected chi connectivity index (χ3v) is 3.33. The Labute approximate surface area is 102 Å². The van der Waals surface area contributed by atoms with Crippen LogP contribution >= 0.6 is 0 Å². The van der Waals surface area contributed by atoms with Gasteiger partial charge in [0.1, 0.15) is 11.6 Å². The van der Waals surface area contributed by atoms with Gasteiger partial charge in [-0.05, 0) is 12.5 Å². The molecule has 1 aliphatic rings.